The van der Waals surface area contributed by atoms with Crippen molar-refractivity contribution in [3.8, 4) is 0 Å². The van der Waals surface area contributed by atoms with E-state index in [0.717, 1.165) is 11.1 Å². The van der Waals surface area contributed by atoms with Gasteiger partial charge in [-0.25, -0.2) is 17.8 Å². The van der Waals surface area contributed by atoms with Gasteiger partial charge in [0.2, 0.25) is 5.95 Å². The van der Waals surface area contributed by atoms with Crippen molar-refractivity contribution in [3.63, 3.8) is 0 Å². The molecule has 0 saturated carbocycles. The molecule has 0 aliphatic heterocycles. The number of hydrogen-bond acceptors (Lipinski definition) is 5. The second kappa shape index (κ2) is 4.98. The van der Waals surface area contributed by atoms with E-state index in [2.05, 4.69) is 14.8 Å². The highest BCUT2D eigenvalue weighted by molar-refractivity contribution is 7.92. The Kier molecular flexibility index (Phi) is 3.54. The van der Waals surface area contributed by atoms with Crippen LogP contribution in [0.3, 0.4) is 0 Å². The summed E-state index contributed by atoms with van der Waals surface area (Å²) in [6.07, 6.45) is 1.28. The molecule has 2 rings (SSSR count). The van der Waals surface area contributed by atoms with Crippen molar-refractivity contribution >= 4 is 16.0 Å². The first-order valence-corrected chi connectivity index (χ1v) is 7.09. The number of nitrogens with one attached hydrogen (secondary N) is 1. The standard InChI is InChI=1S/C11H15N5O2S/c1-8-5-10(4-3-9(8)6-12)19(17,18)15-11-13-7-14-16(11)2/h3-5,7H,6,12H2,1-2H3,(H,13,14,15). The fraction of sp³-hybridized carbons (Fsp3) is 0.273. The first-order chi connectivity index (χ1) is 8.94. The summed E-state index contributed by atoms with van der Waals surface area (Å²) in [7, 11) is -2.06. The Morgan fingerprint density at radius 1 is 1.42 bits per heavy atom. The molecule has 1 aromatic carbocycles. The van der Waals surface area contributed by atoms with Gasteiger partial charge < -0.3 is 5.73 Å². The molecule has 0 fully saturated rings. The number of nitrogens with two attached hydrogens (primary N) is 1. The molecule has 19 heavy (non-hydrogen) atoms. The minimum Gasteiger partial charge on any atom is -0.326 e. The van der Waals surface area contributed by atoms with E-state index in [1.54, 1.807) is 19.2 Å². The number of benzene rings is 1. The SMILES string of the molecule is Cc1cc(S(=O)(=O)Nc2ncnn2C)ccc1CN. The number of anilines is 1. The van der Waals surface area contributed by atoms with E-state index in [-0.39, 0.29) is 10.8 Å². The van der Waals surface area contributed by atoms with Crippen molar-refractivity contribution in [3.05, 3.63) is 35.7 Å². The van der Waals surface area contributed by atoms with Crippen molar-refractivity contribution in [2.75, 3.05) is 4.72 Å². The van der Waals surface area contributed by atoms with E-state index in [9.17, 15) is 8.42 Å². The van der Waals surface area contributed by atoms with Gasteiger partial charge in [-0.15, -0.1) is 0 Å². The molecule has 0 aliphatic rings. The van der Waals surface area contributed by atoms with E-state index >= 15 is 0 Å². The van der Waals surface area contributed by atoms with Crippen molar-refractivity contribution in [2.45, 2.75) is 18.4 Å². The van der Waals surface area contributed by atoms with Gasteiger partial charge in [0.15, 0.2) is 0 Å². The lowest BCUT2D eigenvalue weighted by Crippen LogP contribution is -2.16. The Bertz CT molecular complexity index is 693. The molecule has 0 amide bonds. The fourth-order valence-corrected chi connectivity index (χ4v) is 2.75. The van der Waals surface area contributed by atoms with Gasteiger partial charge >= 0.3 is 0 Å². The van der Waals surface area contributed by atoms with Gasteiger partial charge in [0.05, 0.1) is 4.90 Å². The van der Waals surface area contributed by atoms with E-state index in [0.29, 0.717) is 6.54 Å². The maximum Gasteiger partial charge on any atom is 0.264 e. The molecule has 0 saturated heterocycles. The molecule has 3 N–H and O–H groups in total. The second-order valence-corrected chi connectivity index (χ2v) is 5.79. The zero-order valence-corrected chi connectivity index (χ0v) is 11.5. The summed E-state index contributed by atoms with van der Waals surface area (Å²) in [5, 5.41) is 3.80. The Balaban J connectivity index is 2.35. The normalized spacial score (nSPS) is 11.5. The lowest BCUT2D eigenvalue weighted by molar-refractivity contribution is 0.600. The van der Waals surface area contributed by atoms with Gasteiger partial charge in [0, 0.05) is 13.6 Å². The van der Waals surface area contributed by atoms with Crippen LogP contribution in [0.1, 0.15) is 11.1 Å². The van der Waals surface area contributed by atoms with Crippen LogP contribution < -0.4 is 10.5 Å². The van der Waals surface area contributed by atoms with Gasteiger partial charge in [-0.05, 0) is 30.2 Å². The molecule has 1 aromatic heterocycles. The minimum absolute atomic E-state index is 0.167. The quantitative estimate of drug-likeness (QED) is 0.843. The van der Waals surface area contributed by atoms with Crippen LogP contribution in [0.25, 0.3) is 0 Å². The highest BCUT2D eigenvalue weighted by Crippen LogP contribution is 2.17. The van der Waals surface area contributed by atoms with Crippen molar-refractivity contribution in [2.24, 2.45) is 12.8 Å². The summed E-state index contributed by atoms with van der Waals surface area (Å²) < 4.78 is 28.1. The number of nitrogens with zero attached hydrogens (tertiary/aromatic N) is 3. The smallest absolute Gasteiger partial charge is 0.264 e. The number of aromatic nitrogens is 3. The van der Waals surface area contributed by atoms with E-state index in [4.69, 9.17) is 5.73 Å². The summed E-state index contributed by atoms with van der Waals surface area (Å²) in [4.78, 5) is 4.00. The zero-order chi connectivity index (χ0) is 14.0. The lowest BCUT2D eigenvalue weighted by Gasteiger charge is -2.09. The Hall–Kier alpha value is -1.93. The molecule has 0 spiro atoms. The predicted molar refractivity (Wildman–Crippen MR) is 70.9 cm³/mol. The monoisotopic (exact) mass is 281 g/mol. The molecule has 0 atom stereocenters. The Morgan fingerprint density at radius 3 is 2.68 bits per heavy atom. The van der Waals surface area contributed by atoms with Crippen LogP contribution in [0.4, 0.5) is 5.95 Å². The molecule has 0 bridgehead atoms. The fourth-order valence-electron chi connectivity index (χ4n) is 1.63. The molecule has 0 unspecified atom stereocenters. The van der Waals surface area contributed by atoms with Crippen LogP contribution in [-0.4, -0.2) is 23.2 Å². The molecular weight excluding hydrogens is 266 g/mol. The molecule has 0 aliphatic carbocycles. The molecule has 8 heteroatoms. The van der Waals surface area contributed by atoms with Gasteiger partial charge in [-0.2, -0.15) is 10.1 Å². The minimum atomic E-state index is -3.67. The third-order valence-corrected chi connectivity index (χ3v) is 4.11. The third-order valence-electron chi connectivity index (χ3n) is 2.78. The maximum atomic E-state index is 12.2. The van der Waals surface area contributed by atoms with Gasteiger partial charge in [-0.1, -0.05) is 6.07 Å². The number of sulfonamides is 1. The lowest BCUT2D eigenvalue weighted by atomic mass is 10.1. The van der Waals surface area contributed by atoms with Crippen LogP contribution in [0.2, 0.25) is 0 Å². The Morgan fingerprint density at radius 2 is 2.16 bits per heavy atom. The van der Waals surface area contributed by atoms with Crippen molar-refractivity contribution in [1.29, 1.82) is 0 Å². The van der Waals surface area contributed by atoms with Crippen molar-refractivity contribution < 1.29 is 8.42 Å². The second-order valence-electron chi connectivity index (χ2n) is 4.11. The largest absolute Gasteiger partial charge is 0.326 e. The summed E-state index contributed by atoms with van der Waals surface area (Å²) in [6.45, 7) is 2.20. The highest BCUT2D eigenvalue weighted by atomic mass is 32.2. The van der Waals surface area contributed by atoms with Crippen LogP contribution >= 0.6 is 0 Å². The van der Waals surface area contributed by atoms with E-state index < -0.39 is 10.0 Å². The molecular formula is C11H15N5O2S. The molecule has 7 nitrogen and oxygen atoms in total. The number of aryl methyl sites for hydroxylation is 2. The summed E-state index contributed by atoms with van der Waals surface area (Å²) in [5.74, 6) is 0.167. The molecule has 102 valence electrons. The summed E-state index contributed by atoms with van der Waals surface area (Å²) in [6, 6.07) is 4.81. The third kappa shape index (κ3) is 2.74. The summed E-state index contributed by atoms with van der Waals surface area (Å²) in [5.41, 5.74) is 7.30. The first kappa shape index (κ1) is 13.5. The topological polar surface area (TPSA) is 103 Å². The maximum absolute atomic E-state index is 12.2. The molecule has 0 radical (unpaired) electrons. The number of hydrogen-bond donors (Lipinski definition) is 2. The molecule has 2 aromatic rings. The van der Waals surface area contributed by atoms with Crippen LogP contribution in [0.15, 0.2) is 29.4 Å². The average molecular weight is 281 g/mol. The summed E-state index contributed by atoms with van der Waals surface area (Å²) >= 11 is 0. The van der Waals surface area contributed by atoms with Crippen molar-refractivity contribution in [1.82, 2.24) is 14.8 Å². The van der Waals surface area contributed by atoms with Gasteiger partial charge in [0.1, 0.15) is 6.33 Å². The van der Waals surface area contributed by atoms with E-state index in [1.165, 1.54) is 17.1 Å². The van der Waals surface area contributed by atoms with Crippen LogP contribution in [0.5, 0.6) is 0 Å². The number of rotatable bonds is 4. The Labute approximate surface area is 111 Å². The first-order valence-electron chi connectivity index (χ1n) is 5.60. The van der Waals surface area contributed by atoms with E-state index in [1.807, 2.05) is 6.92 Å². The van der Waals surface area contributed by atoms with Crippen LogP contribution in [0, 0.1) is 6.92 Å². The van der Waals surface area contributed by atoms with Gasteiger partial charge in [0.25, 0.3) is 10.0 Å². The molecule has 1 heterocycles. The van der Waals surface area contributed by atoms with Crippen LogP contribution in [-0.2, 0) is 23.6 Å². The zero-order valence-electron chi connectivity index (χ0n) is 10.7. The predicted octanol–water partition coefficient (Wildman–Crippen LogP) is 0.383. The van der Waals surface area contributed by atoms with Gasteiger partial charge in [-0.3, -0.25) is 0 Å². The average Bonchev–Trinajstić information content (AvgIpc) is 2.74. The highest BCUT2D eigenvalue weighted by Gasteiger charge is 2.17.